The molecule has 0 fully saturated rings. The Morgan fingerprint density at radius 3 is 2.37 bits per heavy atom. The second kappa shape index (κ2) is 5.48. The summed E-state index contributed by atoms with van der Waals surface area (Å²) in [6, 6.07) is 6.48. The van der Waals surface area contributed by atoms with E-state index in [-0.39, 0.29) is 17.5 Å². The van der Waals surface area contributed by atoms with Gasteiger partial charge in [-0.1, -0.05) is 0 Å². The summed E-state index contributed by atoms with van der Waals surface area (Å²) in [5.74, 6) is 0.0996. The van der Waals surface area contributed by atoms with Gasteiger partial charge in [0.25, 0.3) is 0 Å². The minimum Gasteiger partial charge on any atom is -0.508 e. The number of nitrogens with zero attached hydrogens (tertiary/aromatic N) is 1. The largest absolute Gasteiger partial charge is 0.508 e. The van der Waals surface area contributed by atoms with Crippen LogP contribution < -0.4 is 5.32 Å². The van der Waals surface area contributed by atoms with Crippen molar-refractivity contribution in [1.82, 2.24) is 4.98 Å². The van der Waals surface area contributed by atoms with E-state index in [1.54, 1.807) is 18.3 Å². The maximum atomic E-state index is 9.48. The highest BCUT2D eigenvalue weighted by Gasteiger charge is 2.09. The SMILES string of the molecule is Cc1cc(NC(C)c2cc(O)cc(O)c2)cnc1Br. The lowest BCUT2D eigenvalue weighted by Crippen LogP contribution is -2.07. The van der Waals surface area contributed by atoms with Gasteiger partial charge in [0.05, 0.1) is 11.9 Å². The van der Waals surface area contributed by atoms with Gasteiger partial charge in [0, 0.05) is 12.1 Å². The molecule has 2 aromatic rings. The zero-order valence-electron chi connectivity index (χ0n) is 10.7. The highest BCUT2D eigenvalue weighted by atomic mass is 79.9. The highest BCUT2D eigenvalue weighted by molar-refractivity contribution is 9.10. The third kappa shape index (κ3) is 3.38. The monoisotopic (exact) mass is 322 g/mol. The zero-order chi connectivity index (χ0) is 14.0. The van der Waals surface area contributed by atoms with Crippen LogP contribution in [0.4, 0.5) is 5.69 Å². The Bertz CT molecular complexity index is 582. The molecule has 0 spiro atoms. The van der Waals surface area contributed by atoms with E-state index < -0.39 is 0 Å². The first kappa shape index (κ1) is 13.7. The van der Waals surface area contributed by atoms with Crippen LogP contribution >= 0.6 is 15.9 Å². The average molecular weight is 323 g/mol. The summed E-state index contributed by atoms with van der Waals surface area (Å²) >= 11 is 3.35. The van der Waals surface area contributed by atoms with E-state index in [0.29, 0.717) is 0 Å². The fourth-order valence-corrected chi connectivity index (χ4v) is 2.06. The van der Waals surface area contributed by atoms with E-state index in [2.05, 4.69) is 26.2 Å². The molecule has 0 amide bonds. The molecular formula is C14H15BrN2O2. The van der Waals surface area contributed by atoms with E-state index in [1.165, 1.54) is 6.07 Å². The number of aromatic hydroxyl groups is 2. The fraction of sp³-hybridized carbons (Fsp3) is 0.214. The van der Waals surface area contributed by atoms with Crippen molar-refractivity contribution < 1.29 is 10.2 Å². The standard InChI is InChI=1S/C14H15BrN2O2/c1-8-3-11(7-16-14(8)15)17-9(2)10-4-12(18)6-13(19)5-10/h3-7,9,17-19H,1-2H3. The number of phenols is 2. The van der Waals surface area contributed by atoms with Crippen LogP contribution in [0.3, 0.4) is 0 Å². The summed E-state index contributed by atoms with van der Waals surface area (Å²) in [5.41, 5.74) is 2.73. The number of halogens is 1. The molecule has 0 saturated heterocycles. The number of hydrogen-bond donors (Lipinski definition) is 3. The summed E-state index contributed by atoms with van der Waals surface area (Å²) < 4.78 is 0.820. The third-order valence-electron chi connectivity index (χ3n) is 2.82. The van der Waals surface area contributed by atoms with Crippen LogP contribution in [-0.4, -0.2) is 15.2 Å². The number of hydrogen-bond acceptors (Lipinski definition) is 4. The lowest BCUT2D eigenvalue weighted by atomic mass is 10.1. The van der Waals surface area contributed by atoms with Crippen molar-refractivity contribution in [1.29, 1.82) is 0 Å². The summed E-state index contributed by atoms with van der Waals surface area (Å²) in [5, 5.41) is 22.2. The predicted molar refractivity (Wildman–Crippen MR) is 78.5 cm³/mol. The molecular weight excluding hydrogens is 308 g/mol. The number of aryl methyl sites for hydroxylation is 1. The van der Waals surface area contributed by atoms with E-state index in [9.17, 15) is 10.2 Å². The number of rotatable bonds is 3. The van der Waals surface area contributed by atoms with Gasteiger partial charge >= 0.3 is 0 Å². The molecule has 0 aliphatic rings. The molecule has 0 saturated carbocycles. The van der Waals surface area contributed by atoms with Crippen molar-refractivity contribution in [3.8, 4) is 11.5 Å². The molecule has 0 aliphatic carbocycles. The number of phenolic OH excluding ortho intramolecular Hbond substituents is 2. The summed E-state index contributed by atoms with van der Waals surface area (Å²) in [4.78, 5) is 4.22. The van der Waals surface area contributed by atoms with E-state index >= 15 is 0 Å². The lowest BCUT2D eigenvalue weighted by Gasteiger charge is -2.16. The van der Waals surface area contributed by atoms with Crippen molar-refractivity contribution >= 4 is 21.6 Å². The van der Waals surface area contributed by atoms with E-state index in [4.69, 9.17) is 0 Å². The first-order valence-electron chi connectivity index (χ1n) is 5.87. The van der Waals surface area contributed by atoms with Crippen LogP contribution in [0.5, 0.6) is 11.5 Å². The number of pyridine rings is 1. The Labute approximate surface area is 120 Å². The minimum absolute atomic E-state index is 0.0498. The van der Waals surface area contributed by atoms with Crippen LogP contribution in [0.25, 0.3) is 0 Å². The van der Waals surface area contributed by atoms with Crippen LogP contribution in [0.1, 0.15) is 24.1 Å². The molecule has 1 heterocycles. The molecule has 3 N–H and O–H groups in total. The molecule has 2 rings (SSSR count). The molecule has 0 bridgehead atoms. The second-order valence-electron chi connectivity index (χ2n) is 4.48. The van der Waals surface area contributed by atoms with Gasteiger partial charge in [-0.25, -0.2) is 4.98 Å². The van der Waals surface area contributed by atoms with Crippen molar-refractivity contribution in [2.75, 3.05) is 5.32 Å². The molecule has 1 aromatic carbocycles. The van der Waals surface area contributed by atoms with Crippen LogP contribution in [0.2, 0.25) is 0 Å². The Balaban J connectivity index is 2.20. The van der Waals surface area contributed by atoms with Gasteiger partial charge < -0.3 is 15.5 Å². The number of aromatic nitrogens is 1. The molecule has 1 atom stereocenters. The zero-order valence-corrected chi connectivity index (χ0v) is 12.3. The van der Waals surface area contributed by atoms with Gasteiger partial charge in [-0.2, -0.15) is 0 Å². The Kier molecular flexibility index (Phi) is 3.95. The molecule has 1 aromatic heterocycles. The molecule has 1 unspecified atom stereocenters. The summed E-state index contributed by atoms with van der Waals surface area (Å²) in [6.45, 7) is 3.92. The molecule has 4 nitrogen and oxygen atoms in total. The van der Waals surface area contributed by atoms with Crippen molar-refractivity contribution in [2.24, 2.45) is 0 Å². The van der Waals surface area contributed by atoms with E-state index in [1.807, 2.05) is 19.9 Å². The first-order chi connectivity index (χ1) is 8.95. The van der Waals surface area contributed by atoms with Gasteiger partial charge in [0.2, 0.25) is 0 Å². The van der Waals surface area contributed by atoms with Gasteiger partial charge in [-0.05, 0) is 59.1 Å². The smallest absolute Gasteiger partial charge is 0.119 e. The fourth-order valence-electron chi connectivity index (χ4n) is 1.84. The van der Waals surface area contributed by atoms with Gasteiger partial charge in [0.1, 0.15) is 16.1 Å². The highest BCUT2D eigenvalue weighted by Crippen LogP contribution is 2.27. The molecule has 19 heavy (non-hydrogen) atoms. The van der Waals surface area contributed by atoms with Crippen molar-refractivity contribution in [3.05, 3.63) is 46.2 Å². The minimum atomic E-state index is -0.0552. The van der Waals surface area contributed by atoms with Gasteiger partial charge in [-0.15, -0.1) is 0 Å². The lowest BCUT2D eigenvalue weighted by molar-refractivity contribution is 0.448. The maximum absolute atomic E-state index is 9.48. The van der Waals surface area contributed by atoms with Crippen molar-refractivity contribution in [2.45, 2.75) is 19.9 Å². The molecule has 5 heteroatoms. The van der Waals surface area contributed by atoms with E-state index in [0.717, 1.165) is 21.4 Å². The van der Waals surface area contributed by atoms with Crippen molar-refractivity contribution in [3.63, 3.8) is 0 Å². The Morgan fingerprint density at radius 1 is 1.16 bits per heavy atom. The number of anilines is 1. The van der Waals surface area contributed by atoms with Crippen LogP contribution in [0, 0.1) is 6.92 Å². The van der Waals surface area contributed by atoms with Gasteiger partial charge in [-0.3, -0.25) is 0 Å². The molecule has 100 valence electrons. The normalized spacial score (nSPS) is 12.2. The maximum Gasteiger partial charge on any atom is 0.119 e. The first-order valence-corrected chi connectivity index (χ1v) is 6.66. The number of nitrogens with one attached hydrogen (secondary N) is 1. The third-order valence-corrected chi connectivity index (χ3v) is 3.65. The summed E-state index contributed by atoms with van der Waals surface area (Å²) in [6.07, 6.45) is 1.73. The molecule has 0 aliphatic heterocycles. The Hall–Kier alpha value is -1.75. The average Bonchev–Trinajstić information content (AvgIpc) is 2.32. The topological polar surface area (TPSA) is 65.4 Å². The second-order valence-corrected chi connectivity index (χ2v) is 5.23. The summed E-state index contributed by atoms with van der Waals surface area (Å²) in [7, 11) is 0. The Morgan fingerprint density at radius 2 is 1.79 bits per heavy atom. The van der Waals surface area contributed by atoms with Crippen LogP contribution in [0.15, 0.2) is 35.1 Å². The van der Waals surface area contributed by atoms with Gasteiger partial charge in [0.15, 0.2) is 0 Å². The number of benzene rings is 1. The predicted octanol–water partition coefficient (Wildman–Crippen LogP) is 3.74. The molecule has 0 radical (unpaired) electrons. The van der Waals surface area contributed by atoms with Crippen LogP contribution in [-0.2, 0) is 0 Å². The quantitative estimate of drug-likeness (QED) is 0.753.